The first-order chi connectivity index (χ1) is 10.2. The molecule has 0 spiro atoms. The van der Waals surface area contributed by atoms with Gasteiger partial charge in [-0.25, -0.2) is 9.78 Å². The molecule has 7 nitrogen and oxygen atoms in total. The van der Waals surface area contributed by atoms with Crippen LogP contribution in [0.2, 0.25) is 0 Å². The zero-order chi connectivity index (χ0) is 15.1. The Labute approximate surface area is 123 Å². The van der Waals surface area contributed by atoms with Gasteiger partial charge in [0, 0.05) is 18.4 Å². The van der Waals surface area contributed by atoms with Crippen LogP contribution in [-0.4, -0.2) is 40.6 Å². The number of rotatable bonds is 4. The van der Waals surface area contributed by atoms with Gasteiger partial charge in [0.2, 0.25) is 5.88 Å². The third-order valence-electron chi connectivity index (χ3n) is 3.30. The SMILES string of the molecule is CCOC(=O)C(=O)NC1CCC(Oc2cnccn2)CC1. The summed E-state index contributed by atoms with van der Waals surface area (Å²) in [5.41, 5.74) is 0. The summed E-state index contributed by atoms with van der Waals surface area (Å²) in [6.45, 7) is 1.87. The molecule has 21 heavy (non-hydrogen) atoms. The first-order valence-corrected chi connectivity index (χ1v) is 7.09. The fourth-order valence-electron chi connectivity index (χ4n) is 2.28. The van der Waals surface area contributed by atoms with Crippen LogP contribution >= 0.6 is 0 Å². The average Bonchev–Trinajstić information content (AvgIpc) is 2.50. The number of nitrogens with one attached hydrogen (secondary N) is 1. The highest BCUT2D eigenvalue weighted by atomic mass is 16.5. The number of esters is 1. The fourth-order valence-corrected chi connectivity index (χ4v) is 2.28. The molecule has 0 unspecified atom stereocenters. The molecule has 1 aliphatic rings. The highest BCUT2D eigenvalue weighted by molar-refractivity contribution is 6.32. The van der Waals surface area contributed by atoms with Crippen molar-refractivity contribution in [1.29, 1.82) is 0 Å². The lowest BCUT2D eigenvalue weighted by Crippen LogP contribution is -2.43. The van der Waals surface area contributed by atoms with Crippen molar-refractivity contribution in [3.8, 4) is 5.88 Å². The summed E-state index contributed by atoms with van der Waals surface area (Å²) in [4.78, 5) is 30.8. The van der Waals surface area contributed by atoms with Crippen molar-refractivity contribution in [2.45, 2.75) is 44.8 Å². The molecule has 1 saturated carbocycles. The maximum Gasteiger partial charge on any atom is 0.396 e. The molecule has 1 heterocycles. The van der Waals surface area contributed by atoms with Gasteiger partial charge < -0.3 is 14.8 Å². The third kappa shape index (κ3) is 4.70. The largest absolute Gasteiger partial charge is 0.473 e. The van der Waals surface area contributed by atoms with Crippen LogP contribution in [0.3, 0.4) is 0 Å². The molecule has 1 fully saturated rings. The van der Waals surface area contributed by atoms with Crippen LogP contribution in [0.25, 0.3) is 0 Å². The van der Waals surface area contributed by atoms with Crippen LogP contribution in [0.15, 0.2) is 18.6 Å². The molecule has 1 N–H and O–H groups in total. The van der Waals surface area contributed by atoms with Crippen LogP contribution < -0.4 is 10.1 Å². The van der Waals surface area contributed by atoms with Crippen LogP contribution in [0.1, 0.15) is 32.6 Å². The molecule has 1 aromatic rings. The lowest BCUT2D eigenvalue weighted by atomic mass is 9.93. The highest BCUT2D eigenvalue weighted by Crippen LogP contribution is 2.22. The molecule has 1 amide bonds. The number of carbonyl (C=O) groups excluding carboxylic acids is 2. The standard InChI is InChI=1S/C14H19N3O4/c1-2-20-14(19)13(18)17-10-3-5-11(6-4-10)21-12-9-15-7-8-16-12/h7-11H,2-6H2,1H3,(H,17,18). The van der Waals surface area contributed by atoms with E-state index in [0.29, 0.717) is 5.88 Å². The van der Waals surface area contributed by atoms with Gasteiger partial charge in [-0.1, -0.05) is 0 Å². The fraction of sp³-hybridized carbons (Fsp3) is 0.571. The lowest BCUT2D eigenvalue weighted by Gasteiger charge is -2.28. The lowest BCUT2D eigenvalue weighted by molar-refractivity contribution is -0.155. The summed E-state index contributed by atoms with van der Waals surface area (Å²) in [5.74, 6) is -0.984. The van der Waals surface area contributed by atoms with E-state index in [9.17, 15) is 9.59 Å². The van der Waals surface area contributed by atoms with Crippen molar-refractivity contribution in [2.24, 2.45) is 0 Å². The molecule has 0 atom stereocenters. The Kier molecular flexibility index (Phi) is 5.48. The maximum absolute atomic E-state index is 11.5. The number of amides is 1. The van der Waals surface area contributed by atoms with E-state index >= 15 is 0 Å². The van der Waals surface area contributed by atoms with E-state index in [-0.39, 0.29) is 18.8 Å². The van der Waals surface area contributed by atoms with Gasteiger partial charge in [-0.15, -0.1) is 0 Å². The number of hydrogen-bond acceptors (Lipinski definition) is 6. The highest BCUT2D eigenvalue weighted by Gasteiger charge is 2.26. The predicted octanol–water partition coefficient (Wildman–Crippen LogP) is 0.846. The predicted molar refractivity (Wildman–Crippen MR) is 73.5 cm³/mol. The van der Waals surface area contributed by atoms with Crippen molar-refractivity contribution in [2.75, 3.05) is 6.61 Å². The van der Waals surface area contributed by atoms with Gasteiger partial charge in [0.15, 0.2) is 0 Å². The van der Waals surface area contributed by atoms with Crippen LogP contribution in [-0.2, 0) is 14.3 Å². The molecule has 0 aromatic carbocycles. The first kappa shape index (κ1) is 15.2. The number of carbonyl (C=O) groups is 2. The molecule has 0 aliphatic heterocycles. The minimum absolute atomic E-state index is 0.0105. The molecule has 0 radical (unpaired) electrons. The van der Waals surface area contributed by atoms with Crippen LogP contribution in [0, 0.1) is 0 Å². The number of ether oxygens (including phenoxy) is 2. The molecular formula is C14H19N3O4. The topological polar surface area (TPSA) is 90.4 Å². The molecule has 114 valence electrons. The summed E-state index contributed by atoms with van der Waals surface area (Å²) in [5, 5.41) is 2.69. The number of hydrogen-bond donors (Lipinski definition) is 1. The number of nitrogens with zero attached hydrogens (tertiary/aromatic N) is 2. The normalized spacial score (nSPS) is 21.4. The van der Waals surface area contributed by atoms with E-state index in [1.54, 1.807) is 25.5 Å². The summed E-state index contributed by atoms with van der Waals surface area (Å²) < 4.78 is 10.4. The summed E-state index contributed by atoms with van der Waals surface area (Å²) in [6, 6.07) is -0.0105. The van der Waals surface area contributed by atoms with Crippen molar-refractivity contribution < 1.29 is 19.1 Å². The smallest absolute Gasteiger partial charge is 0.396 e. The number of aromatic nitrogens is 2. The van der Waals surface area contributed by atoms with E-state index in [4.69, 9.17) is 4.74 Å². The second-order valence-electron chi connectivity index (χ2n) is 4.83. The Balaban J connectivity index is 1.73. The van der Waals surface area contributed by atoms with Gasteiger partial charge in [-0.05, 0) is 32.6 Å². The Morgan fingerprint density at radius 3 is 2.67 bits per heavy atom. The summed E-state index contributed by atoms with van der Waals surface area (Å²) in [6.07, 6.45) is 7.93. The second kappa shape index (κ2) is 7.56. The molecule has 1 aromatic heterocycles. The quantitative estimate of drug-likeness (QED) is 0.653. The Bertz CT molecular complexity index is 472. The monoisotopic (exact) mass is 293 g/mol. The molecule has 1 aliphatic carbocycles. The second-order valence-corrected chi connectivity index (χ2v) is 4.83. The minimum Gasteiger partial charge on any atom is -0.473 e. The van der Waals surface area contributed by atoms with Gasteiger partial charge in [0.05, 0.1) is 12.8 Å². The molecule has 2 rings (SSSR count). The maximum atomic E-state index is 11.5. The Morgan fingerprint density at radius 2 is 2.05 bits per heavy atom. The zero-order valence-electron chi connectivity index (χ0n) is 11.9. The zero-order valence-corrected chi connectivity index (χ0v) is 11.9. The van der Waals surface area contributed by atoms with E-state index in [1.165, 1.54) is 0 Å². The van der Waals surface area contributed by atoms with Gasteiger partial charge in [-0.2, -0.15) is 0 Å². The van der Waals surface area contributed by atoms with Crippen molar-refractivity contribution >= 4 is 11.9 Å². The molecule has 0 saturated heterocycles. The van der Waals surface area contributed by atoms with Crippen LogP contribution in [0.4, 0.5) is 0 Å². The first-order valence-electron chi connectivity index (χ1n) is 7.09. The Hall–Kier alpha value is -2.18. The van der Waals surface area contributed by atoms with Crippen LogP contribution in [0.5, 0.6) is 5.88 Å². The van der Waals surface area contributed by atoms with E-state index in [1.807, 2.05) is 0 Å². The Morgan fingerprint density at radius 1 is 1.29 bits per heavy atom. The van der Waals surface area contributed by atoms with Crippen molar-refractivity contribution in [1.82, 2.24) is 15.3 Å². The third-order valence-corrected chi connectivity index (χ3v) is 3.30. The van der Waals surface area contributed by atoms with E-state index in [2.05, 4.69) is 20.0 Å². The van der Waals surface area contributed by atoms with E-state index < -0.39 is 11.9 Å². The van der Waals surface area contributed by atoms with Gasteiger partial charge in [-0.3, -0.25) is 9.78 Å². The van der Waals surface area contributed by atoms with Gasteiger partial charge in [0.25, 0.3) is 0 Å². The van der Waals surface area contributed by atoms with Gasteiger partial charge in [0.1, 0.15) is 6.10 Å². The minimum atomic E-state index is -0.824. The van der Waals surface area contributed by atoms with E-state index in [0.717, 1.165) is 25.7 Å². The molecule has 7 heteroatoms. The molecule has 0 bridgehead atoms. The van der Waals surface area contributed by atoms with Crippen molar-refractivity contribution in [3.63, 3.8) is 0 Å². The molecular weight excluding hydrogens is 274 g/mol. The summed E-state index contributed by atoms with van der Waals surface area (Å²) in [7, 11) is 0. The summed E-state index contributed by atoms with van der Waals surface area (Å²) >= 11 is 0. The van der Waals surface area contributed by atoms with Gasteiger partial charge >= 0.3 is 11.9 Å². The average molecular weight is 293 g/mol. The van der Waals surface area contributed by atoms with Crippen molar-refractivity contribution in [3.05, 3.63) is 18.6 Å².